The predicted molar refractivity (Wildman–Crippen MR) is 148 cm³/mol. The van der Waals surface area contributed by atoms with Gasteiger partial charge in [0.05, 0.1) is 17.8 Å². The second kappa shape index (κ2) is 16.1. The van der Waals surface area contributed by atoms with Gasteiger partial charge in [0.2, 0.25) is 0 Å². The normalized spacial score (nSPS) is 14.6. The Kier molecular flexibility index (Phi) is 14.3. The van der Waals surface area contributed by atoms with Crippen molar-refractivity contribution in [3.8, 4) is 11.5 Å². The average molecular weight is 696 g/mol. The Morgan fingerprint density at radius 3 is 2.40 bits per heavy atom. The Morgan fingerprint density at radius 1 is 1.16 bits per heavy atom. The van der Waals surface area contributed by atoms with Crippen LogP contribution in [0.25, 0.3) is 10.9 Å². The number of fused-ring (bicyclic) bond motifs is 2. The van der Waals surface area contributed by atoms with Crippen molar-refractivity contribution in [1.29, 1.82) is 0 Å². The number of aromatic nitrogens is 1. The summed E-state index contributed by atoms with van der Waals surface area (Å²) in [6.45, 7) is 5.13. The summed E-state index contributed by atoms with van der Waals surface area (Å²) in [7, 11) is -4.38. The number of carbonyl (C=O) groups excluding carboxylic acids is 2. The number of carboxylic acid groups (broad SMARTS) is 2. The summed E-state index contributed by atoms with van der Waals surface area (Å²) < 4.78 is 56.5. The third kappa shape index (κ3) is 9.59. The fraction of sp³-hybridized carbons (Fsp3) is 0.357. The molecule has 2 N–H and O–H groups in total. The molecule has 2 heterocycles. The van der Waals surface area contributed by atoms with Gasteiger partial charge in [0.15, 0.2) is 11.4 Å². The molecule has 45 heavy (non-hydrogen) atoms. The van der Waals surface area contributed by atoms with Gasteiger partial charge in [0.25, 0.3) is 15.6 Å². The number of amidine groups is 1. The van der Waals surface area contributed by atoms with Crippen LogP contribution in [0.5, 0.6) is 11.5 Å². The van der Waals surface area contributed by atoms with Crippen LogP contribution >= 0.6 is 0 Å². The maximum Gasteiger partial charge on any atom is 1.00 e. The topological polar surface area (TPSA) is 199 Å². The van der Waals surface area contributed by atoms with Crippen LogP contribution in [0.15, 0.2) is 50.5 Å². The van der Waals surface area contributed by atoms with Crippen molar-refractivity contribution in [2.75, 3.05) is 11.9 Å². The molecule has 0 spiro atoms. The number of aromatic hydroxyl groups is 1. The smallest absolute Gasteiger partial charge is 0.652 e. The van der Waals surface area contributed by atoms with Gasteiger partial charge in [0.1, 0.15) is 27.8 Å². The summed E-state index contributed by atoms with van der Waals surface area (Å²) in [5.74, 6) is -1.61. The molecule has 0 amide bonds. The number of benzene rings is 2. The van der Waals surface area contributed by atoms with E-state index in [1.807, 2.05) is 0 Å². The summed E-state index contributed by atoms with van der Waals surface area (Å²) in [6, 6.07) is 7.79. The molecule has 17 heteroatoms. The Balaban J connectivity index is 0.00000111. The Hall–Kier alpha value is -1.39. The molecule has 0 bridgehead atoms. The first-order valence-corrected chi connectivity index (χ1v) is 14.6. The van der Waals surface area contributed by atoms with Gasteiger partial charge in [-0.15, -0.1) is 4.40 Å². The zero-order valence-electron chi connectivity index (χ0n) is 25.4. The number of ether oxygens (including phenoxy) is 2. The molecule has 230 valence electrons. The molecule has 0 radical (unpaired) electrons. The molecule has 0 atom stereocenters. The first-order chi connectivity index (χ1) is 20.1. The maximum atomic E-state index is 14.1. The molecule has 1 fully saturated rings. The average Bonchev–Trinajstić information content (AvgIpc) is 3.73. The summed E-state index contributed by atoms with van der Waals surface area (Å²) in [4.78, 5) is 33.9. The first kappa shape index (κ1) is 39.8. The molecular weight excluding hydrogens is 668 g/mol. The zero-order valence-corrected chi connectivity index (χ0v) is 32.4. The monoisotopic (exact) mass is 695 g/mol. The van der Waals surface area contributed by atoms with Crippen LogP contribution in [-0.4, -0.2) is 48.3 Å². The molecule has 5 rings (SSSR count). The van der Waals surface area contributed by atoms with E-state index in [0.717, 1.165) is 25.3 Å². The number of halogens is 1. The van der Waals surface area contributed by atoms with Crippen molar-refractivity contribution in [3.05, 3.63) is 58.1 Å². The van der Waals surface area contributed by atoms with Crippen molar-refractivity contribution >= 4 is 44.6 Å². The maximum absolute atomic E-state index is 14.1. The number of anilines is 1. The number of hydrogen-bond donors (Lipinski definition) is 2. The fourth-order valence-corrected chi connectivity index (χ4v) is 5.66. The molecule has 1 aromatic heterocycles. The molecule has 0 saturated heterocycles. The summed E-state index contributed by atoms with van der Waals surface area (Å²) in [5.41, 5.74) is -1.98. The van der Waals surface area contributed by atoms with Crippen molar-refractivity contribution in [2.45, 2.75) is 57.1 Å². The Labute approximate surface area is 343 Å². The van der Waals surface area contributed by atoms with Crippen LogP contribution in [0.2, 0.25) is 0 Å². The molecule has 1 aliphatic heterocycles. The second-order valence-corrected chi connectivity index (χ2v) is 11.9. The van der Waals surface area contributed by atoms with Crippen LogP contribution in [0.1, 0.15) is 45.6 Å². The quantitative estimate of drug-likeness (QED) is 0.170. The minimum Gasteiger partial charge on any atom is -0.652 e. The van der Waals surface area contributed by atoms with Crippen LogP contribution in [0, 0.1) is 11.7 Å². The molecule has 1 aliphatic carbocycles. The van der Waals surface area contributed by atoms with E-state index in [2.05, 4.69) is 9.71 Å². The Bertz CT molecular complexity index is 1800. The number of sulfonamides is 1. The van der Waals surface area contributed by atoms with Crippen molar-refractivity contribution in [2.24, 2.45) is 10.3 Å². The number of carbonyl (C=O) groups is 2. The van der Waals surface area contributed by atoms with Crippen LogP contribution < -0.4 is 129 Å². The van der Waals surface area contributed by atoms with Gasteiger partial charge in [-0.25, -0.2) is 9.18 Å². The van der Waals surface area contributed by atoms with Crippen LogP contribution in [0.3, 0.4) is 0 Å². The number of hydrogen-bond acceptors (Lipinski definition) is 11. The molecule has 13 nitrogen and oxygen atoms in total. The van der Waals surface area contributed by atoms with Gasteiger partial charge in [-0.2, -0.15) is 8.42 Å². The molecule has 2 aliphatic rings. The largest absolute Gasteiger partial charge is 1.00 e. The molecule has 0 unspecified atom stereocenters. The number of aryl methyl sites for hydroxylation is 1. The molecule has 1 saturated carbocycles. The summed E-state index contributed by atoms with van der Waals surface area (Å²) in [6.07, 6.45) is 0.527. The number of nitrogens with zero attached hydrogens (tertiary/aromatic N) is 2. The third-order valence-corrected chi connectivity index (χ3v) is 8.05. The van der Waals surface area contributed by atoms with E-state index in [1.165, 1.54) is 48.7 Å². The van der Waals surface area contributed by atoms with Gasteiger partial charge in [-0.3, -0.25) is 4.79 Å². The van der Waals surface area contributed by atoms with E-state index in [0.29, 0.717) is 18.0 Å². The zero-order chi connectivity index (χ0) is 31.7. The third-order valence-electron chi connectivity index (χ3n) is 6.73. The molecule has 2 aromatic carbocycles. The van der Waals surface area contributed by atoms with Crippen molar-refractivity contribution in [1.82, 2.24) is 4.57 Å². The van der Waals surface area contributed by atoms with E-state index in [-0.39, 0.29) is 142 Å². The standard InChI is InChI=1S/C27H28FN3O7S.CH2O3.2K/c1-4-37-26(34)27(2,3)38-17-8-9-19-21(14-17)39(35,36)30-24(29-19)22-23(32)18-13-16(28)7-10-20(18)31(25(22)33)12-11-15-5-6-15;2-1(3)4;;/h7-10,13-15,32H,4-6,11-12H2,1-3H3,(H,29,30);(H2,2,3,4);;/q;;2*+1/p-2. The molecular formula is C28H28FK2N3O10S. The first-order valence-electron chi connectivity index (χ1n) is 13.2. The SMILES string of the molecule is CCOC(=O)C(C)(C)Oc1ccc2c(c1)S(=O)(=O)N=C(c1c(O)c3cc(F)ccc3n(CCC3CC3)c1=O)N2.O=C([O-])[O-].[K+].[K+]. The van der Waals surface area contributed by atoms with Crippen LogP contribution in [-0.2, 0) is 26.1 Å². The summed E-state index contributed by atoms with van der Waals surface area (Å²) >= 11 is 0. The number of esters is 1. The number of nitrogens with one attached hydrogen (secondary N) is 1. The number of rotatable bonds is 8. The van der Waals surface area contributed by atoms with E-state index in [1.54, 1.807) is 6.92 Å². The fourth-order valence-electron chi connectivity index (χ4n) is 4.52. The Morgan fingerprint density at radius 2 is 1.80 bits per heavy atom. The number of pyridine rings is 1. The predicted octanol–water partition coefficient (Wildman–Crippen LogP) is -4.51. The van der Waals surface area contributed by atoms with E-state index in [4.69, 9.17) is 24.5 Å². The van der Waals surface area contributed by atoms with Gasteiger partial charge >= 0.3 is 109 Å². The van der Waals surface area contributed by atoms with Crippen LogP contribution in [0.4, 0.5) is 14.9 Å². The molecule has 3 aromatic rings. The minimum atomic E-state index is -4.38. The second-order valence-electron chi connectivity index (χ2n) is 10.4. The van der Waals surface area contributed by atoms with Gasteiger partial charge in [0, 0.05) is 18.0 Å². The van der Waals surface area contributed by atoms with E-state index in [9.17, 15) is 27.5 Å². The van der Waals surface area contributed by atoms with Crippen molar-refractivity contribution < 1.29 is 150 Å². The van der Waals surface area contributed by atoms with Gasteiger partial charge in [-0.05, 0) is 69.6 Å². The van der Waals surface area contributed by atoms with Crippen molar-refractivity contribution in [3.63, 3.8) is 0 Å². The minimum absolute atomic E-state index is 0. The summed E-state index contributed by atoms with van der Waals surface area (Å²) in [5, 5.41) is 30.6. The van der Waals surface area contributed by atoms with Gasteiger partial charge in [-0.1, -0.05) is 12.8 Å². The van der Waals surface area contributed by atoms with E-state index < -0.39 is 44.9 Å². The van der Waals surface area contributed by atoms with E-state index >= 15 is 0 Å². The van der Waals surface area contributed by atoms with Gasteiger partial charge < -0.3 is 39.5 Å².